The summed E-state index contributed by atoms with van der Waals surface area (Å²) in [6, 6.07) is 22.8. The third kappa shape index (κ3) is 3.27. The molecule has 39 heavy (non-hydrogen) atoms. The minimum atomic E-state index is -2.63. The molecule has 1 aliphatic carbocycles. The van der Waals surface area contributed by atoms with Gasteiger partial charge in [0.2, 0.25) is 11.9 Å². The van der Waals surface area contributed by atoms with Crippen LogP contribution in [0.4, 0.5) is 8.78 Å². The fraction of sp³-hybridized carbons (Fsp3) is 0.171. The van der Waals surface area contributed by atoms with Gasteiger partial charge in [-0.1, -0.05) is 62.4 Å². The zero-order valence-corrected chi connectivity index (χ0v) is 22.1. The van der Waals surface area contributed by atoms with Gasteiger partial charge in [-0.3, -0.25) is 0 Å². The molecule has 192 valence electrons. The maximum absolute atomic E-state index is 15.8. The van der Waals surface area contributed by atoms with Gasteiger partial charge in [0.05, 0.1) is 11.1 Å². The van der Waals surface area contributed by atoms with Crippen LogP contribution in [0.3, 0.4) is 0 Å². The first-order valence-electron chi connectivity index (χ1n) is 14.5. The van der Waals surface area contributed by atoms with Gasteiger partial charge in [0.15, 0.2) is 5.82 Å². The highest BCUT2D eigenvalue weighted by molar-refractivity contribution is 6.13. The van der Waals surface area contributed by atoms with Crippen LogP contribution in [0.15, 0.2) is 83.4 Å². The Morgan fingerprint density at radius 2 is 1.49 bits per heavy atom. The monoisotopic (exact) mass is 519 g/mol. The van der Waals surface area contributed by atoms with Crippen LogP contribution >= 0.6 is 0 Å². The summed E-state index contributed by atoms with van der Waals surface area (Å²) in [5, 5.41) is 1.50. The smallest absolute Gasteiger partial charge is 0.216 e. The number of hydrogen-bond donors (Lipinski definition) is 0. The van der Waals surface area contributed by atoms with Crippen molar-refractivity contribution in [3.8, 4) is 33.5 Å². The molecule has 0 aliphatic heterocycles. The number of fused-ring (bicyclic) bond motifs is 6. The van der Waals surface area contributed by atoms with Crippen molar-refractivity contribution in [2.75, 3.05) is 0 Å². The molecule has 0 fully saturated rings. The van der Waals surface area contributed by atoms with Crippen LogP contribution in [0.5, 0.6) is 0 Å². The maximum atomic E-state index is 15.8. The Balaban J connectivity index is 1.50. The van der Waals surface area contributed by atoms with E-state index in [1.807, 2.05) is 43.3 Å². The molecule has 1 aliphatic rings. The second kappa shape index (κ2) is 8.09. The molecule has 4 aromatic carbocycles. The van der Waals surface area contributed by atoms with E-state index in [2.05, 4.69) is 32.0 Å². The van der Waals surface area contributed by atoms with Gasteiger partial charge in [-0.2, -0.15) is 4.57 Å². The average Bonchev–Trinajstić information content (AvgIpc) is 3.41. The Kier molecular flexibility index (Phi) is 4.28. The highest BCUT2D eigenvalue weighted by atomic mass is 19.1. The van der Waals surface area contributed by atoms with Gasteiger partial charge in [-0.15, -0.1) is 0 Å². The van der Waals surface area contributed by atoms with Crippen LogP contribution in [0.25, 0.3) is 55.4 Å². The van der Waals surface area contributed by atoms with Crippen molar-refractivity contribution in [3.05, 3.63) is 113 Å². The first-order chi connectivity index (χ1) is 19.9. The Bertz CT molecular complexity index is 2110. The van der Waals surface area contributed by atoms with E-state index in [1.165, 1.54) is 29.5 Å². The first kappa shape index (κ1) is 20.6. The predicted molar refractivity (Wildman–Crippen MR) is 153 cm³/mol. The summed E-state index contributed by atoms with van der Waals surface area (Å²) in [4.78, 5) is 0. The van der Waals surface area contributed by atoms with Gasteiger partial charge >= 0.3 is 0 Å². The van der Waals surface area contributed by atoms with Gasteiger partial charge in [-0.25, -0.2) is 8.78 Å². The standard InChI is InChI=1S/C35H28F2NO/c1-19-10-12-23-24-13-15-28(36)32(34(24)39-33(23)31(19)30-16-20(2)29(37)18-38(30)5)21-11-14-27-25(17-21)22-8-6-7-9-26(22)35(27,3)4/h6-18H,1-5H3/q+1/i2D3. The highest BCUT2D eigenvalue weighted by Gasteiger charge is 2.35. The molecule has 0 spiro atoms. The molecular weight excluding hydrogens is 488 g/mol. The van der Waals surface area contributed by atoms with Crippen molar-refractivity contribution in [1.82, 2.24) is 0 Å². The third-order valence-corrected chi connectivity index (χ3v) is 8.32. The lowest BCUT2D eigenvalue weighted by Crippen LogP contribution is -2.31. The molecule has 0 bridgehead atoms. The number of pyridine rings is 1. The number of benzene rings is 4. The van der Waals surface area contributed by atoms with E-state index in [0.29, 0.717) is 33.6 Å². The van der Waals surface area contributed by atoms with E-state index >= 15 is 4.39 Å². The van der Waals surface area contributed by atoms with Gasteiger partial charge in [0.25, 0.3) is 0 Å². The number of hydrogen-bond acceptors (Lipinski definition) is 1. The van der Waals surface area contributed by atoms with Gasteiger partial charge in [0, 0.05) is 26.4 Å². The van der Waals surface area contributed by atoms with Crippen molar-refractivity contribution >= 4 is 21.9 Å². The van der Waals surface area contributed by atoms with Gasteiger partial charge in [-0.05, 0) is 70.9 Å². The van der Waals surface area contributed by atoms with Crippen LogP contribution in [0.1, 0.15) is 40.2 Å². The van der Waals surface area contributed by atoms with E-state index in [0.717, 1.165) is 27.5 Å². The van der Waals surface area contributed by atoms with E-state index in [1.54, 1.807) is 17.7 Å². The highest BCUT2D eigenvalue weighted by Crippen LogP contribution is 2.50. The zero-order valence-electron chi connectivity index (χ0n) is 25.1. The Morgan fingerprint density at radius 1 is 0.769 bits per heavy atom. The largest absolute Gasteiger partial charge is 0.454 e. The Labute approximate surface area is 230 Å². The van der Waals surface area contributed by atoms with Crippen molar-refractivity contribution in [2.45, 2.75) is 33.0 Å². The number of halogens is 2. The molecule has 0 radical (unpaired) electrons. The second-order valence-corrected chi connectivity index (χ2v) is 11.0. The van der Waals surface area contributed by atoms with Crippen LogP contribution in [-0.2, 0) is 12.5 Å². The minimum Gasteiger partial charge on any atom is -0.454 e. The SMILES string of the molecule is [2H]C([2H])([2H])c1cc(-c2c(C)ccc3c2oc2c(-c4ccc5c(c4)-c4ccccc4C5(C)C)c(F)ccc23)[n+](C)cc1F. The molecule has 0 amide bonds. The summed E-state index contributed by atoms with van der Waals surface area (Å²) in [5.74, 6) is -1.20. The average molecular weight is 520 g/mol. The molecular formula is C35H28F2NO+. The molecule has 2 nitrogen and oxygen atoms in total. The summed E-state index contributed by atoms with van der Waals surface area (Å²) < 4.78 is 62.1. The molecule has 0 unspecified atom stereocenters. The van der Waals surface area contributed by atoms with Crippen molar-refractivity contribution in [2.24, 2.45) is 7.05 Å². The Morgan fingerprint density at radius 3 is 2.28 bits per heavy atom. The molecule has 0 N–H and O–H groups in total. The van der Waals surface area contributed by atoms with E-state index < -0.39 is 18.5 Å². The lowest BCUT2D eigenvalue weighted by atomic mass is 9.82. The zero-order chi connectivity index (χ0) is 29.7. The normalized spacial score (nSPS) is 15.2. The Hall–Kier alpha value is -4.31. The minimum absolute atomic E-state index is 0.168. The van der Waals surface area contributed by atoms with Crippen molar-refractivity contribution in [3.63, 3.8) is 0 Å². The number of rotatable bonds is 2. The molecule has 2 aromatic heterocycles. The molecule has 0 saturated carbocycles. The van der Waals surface area contributed by atoms with Crippen LogP contribution in [-0.4, -0.2) is 0 Å². The molecule has 7 rings (SSSR count). The van der Waals surface area contributed by atoms with Gasteiger partial charge < -0.3 is 4.42 Å². The van der Waals surface area contributed by atoms with E-state index in [4.69, 9.17) is 8.53 Å². The summed E-state index contributed by atoms with van der Waals surface area (Å²) in [6.45, 7) is 3.67. The quantitative estimate of drug-likeness (QED) is 0.209. The van der Waals surface area contributed by atoms with Crippen molar-refractivity contribution < 1.29 is 21.9 Å². The number of furan rings is 1. The fourth-order valence-electron chi connectivity index (χ4n) is 6.31. The molecule has 0 atom stereocenters. The third-order valence-electron chi connectivity index (χ3n) is 8.32. The molecule has 0 saturated heterocycles. The van der Waals surface area contributed by atoms with Crippen molar-refractivity contribution in [1.29, 1.82) is 0 Å². The first-order valence-corrected chi connectivity index (χ1v) is 13.0. The van der Waals surface area contributed by atoms with E-state index in [-0.39, 0.29) is 11.0 Å². The lowest BCUT2D eigenvalue weighted by molar-refractivity contribution is -0.662. The lowest BCUT2D eigenvalue weighted by Gasteiger charge is -2.21. The molecule has 6 aromatic rings. The molecule has 4 heteroatoms. The second-order valence-electron chi connectivity index (χ2n) is 11.0. The van der Waals surface area contributed by atoms with E-state index in [9.17, 15) is 4.39 Å². The topological polar surface area (TPSA) is 17.0 Å². The maximum Gasteiger partial charge on any atom is 0.216 e. The van der Waals surface area contributed by atoms with Crippen LogP contribution < -0.4 is 4.57 Å². The molecule has 2 heterocycles. The fourth-order valence-corrected chi connectivity index (χ4v) is 6.31. The summed E-state index contributed by atoms with van der Waals surface area (Å²) in [5.41, 5.74) is 8.02. The number of aromatic nitrogens is 1. The number of nitrogens with zero attached hydrogens (tertiary/aromatic N) is 1. The summed E-state index contributed by atoms with van der Waals surface area (Å²) in [7, 11) is 1.66. The summed E-state index contributed by atoms with van der Waals surface area (Å²) >= 11 is 0. The predicted octanol–water partition coefficient (Wildman–Crippen LogP) is 8.95. The van der Waals surface area contributed by atoms with Crippen LogP contribution in [0.2, 0.25) is 0 Å². The summed E-state index contributed by atoms with van der Waals surface area (Å²) in [6.07, 6.45) is 1.17. The van der Waals surface area contributed by atoms with Crippen LogP contribution in [0, 0.1) is 25.4 Å². The number of aryl methyl sites for hydroxylation is 3. The van der Waals surface area contributed by atoms with Gasteiger partial charge in [0.1, 0.15) is 24.0 Å².